The molecule has 7 heteroatoms. The zero-order valence-corrected chi connectivity index (χ0v) is 14.7. The third kappa shape index (κ3) is 3.62. The largest absolute Gasteiger partial charge is 0.243 e. The molecule has 0 aliphatic carbocycles. The molecule has 20 heavy (non-hydrogen) atoms. The predicted molar refractivity (Wildman–Crippen MR) is 86.7 cm³/mol. The number of benzene rings is 1. The van der Waals surface area contributed by atoms with Crippen molar-refractivity contribution in [2.24, 2.45) is 0 Å². The van der Waals surface area contributed by atoms with Gasteiger partial charge in [0, 0.05) is 19.5 Å². The number of hydrogen-bond donors (Lipinski definition) is 0. The molecule has 2 aromatic rings. The molecule has 1 aromatic carbocycles. The van der Waals surface area contributed by atoms with Gasteiger partial charge >= 0.3 is 0 Å². The Labute approximate surface area is 136 Å². The van der Waals surface area contributed by atoms with Crippen molar-refractivity contribution in [3.63, 3.8) is 0 Å². The van der Waals surface area contributed by atoms with Crippen LogP contribution in [0.15, 0.2) is 44.4 Å². The second-order valence-corrected chi connectivity index (χ2v) is 8.90. The van der Waals surface area contributed by atoms with E-state index in [9.17, 15) is 8.42 Å². The SMILES string of the molecule is CN(Cc1csc(Br)c1)S(=O)(=O)c1cccc(CCl)c1. The van der Waals surface area contributed by atoms with Crippen LogP contribution >= 0.6 is 38.9 Å². The van der Waals surface area contributed by atoms with E-state index in [1.807, 2.05) is 17.5 Å². The van der Waals surface area contributed by atoms with Crippen molar-refractivity contribution in [2.75, 3.05) is 7.05 Å². The van der Waals surface area contributed by atoms with Gasteiger partial charge in [-0.1, -0.05) is 12.1 Å². The monoisotopic (exact) mass is 393 g/mol. The van der Waals surface area contributed by atoms with Gasteiger partial charge in [-0.2, -0.15) is 4.31 Å². The van der Waals surface area contributed by atoms with E-state index in [1.54, 1.807) is 25.2 Å². The third-order valence-corrected chi connectivity index (χ3v) is 6.45. The Morgan fingerprint density at radius 2 is 2.05 bits per heavy atom. The van der Waals surface area contributed by atoms with Gasteiger partial charge in [-0.25, -0.2) is 8.42 Å². The highest BCUT2D eigenvalue weighted by Gasteiger charge is 2.21. The summed E-state index contributed by atoms with van der Waals surface area (Å²) in [7, 11) is -1.92. The van der Waals surface area contributed by atoms with Crippen LogP contribution < -0.4 is 0 Å². The molecule has 0 bridgehead atoms. The van der Waals surface area contributed by atoms with E-state index in [0.717, 1.165) is 14.9 Å². The Bertz CT molecular complexity index is 700. The highest BCUT2D eigenvalue weighted by Crippen LogP contribution is 2.24. The zero-order valence-electron chi connectivity index (χ0n) is 10.7. The Kier molecular flexibility index (Phi) is 5.25. The average molecular weight is 395 g/mol. The molecule has 0 aliphatic rings. The van der Waals surface area contributed by atoms with Crippen LogP contribution in [0.2, 0.25) is 0 Å². The fourth-order valence-corrected chi connectivity index (χ4v) is 4.34. The summed E-state index contributed by atoms with van der Waals surface area (Å²) in [5.41, 5.74) is 1.75. The quantitative estimate of drug-likeness (QED) is 0.717. The maximum absolute atomic E-state index is 12.5. The molecule has 0 unspecified atom stereocenters. The first-order chi connectivity index (χ1) is 9.43. The molecule has 0 N–H and O–H groups in total. The molecular weight excluding hydrogens is 382 g/mol. The van der Waals surface area contributed by atoms with Crippen LogP contribution in [-0.2, 0) is 22.4 Å². The molecule has 3 nitrogen and oxygen atoms in total. The normalized spacial score (nSPS) is 12.0. The summed E-state index contributed by atoms with van der Waals surface area (Å²) in [5, 5.41) is 1.94. The second-order valence-electron chi connectivity index (χ2n) is 4.30. The molecule has 0 fully saturated rings. The van der Waals surface area contributed by atoms with Crippen LogP contribution in [-0.4, -0.2) is 19.8 Å². The van der Waals surface area contributed by atoms with Crippen molar-refractivity contribution < 1.29 is 8.42 Å². The number of alkyl halides is 1. The lowest BCUT2D eigenvalue weighted by Gasteiger charge is -2.17. The molecule has 0 amide bonds. The predicted octanol–water partition coefficient (Wildman–Crippen LogP) is 4.07. The lowest BCUT2D eigenvalue weighted by molar-refractivity contribution is 0.467. The van der Waals surface area contributed by atoms with Gasteiger partial charge in [0.2, 0.25) is 10.0 Å². The molecule has 0 saturated heterocycles. The Morgan fingerprint density at radius 1 is 1.30 bits per heavy atom. The molecular formula is C13H13BrClNO2S2. The first-order valence-corrected chi connectivity index (χ1v) is 9.42. The van der Waals surface area contributed by atoms with Gasteiger partial charge in [-0.05, 0) is 50.6 Å². The number of rotatable bonds is 5. The maximum Gasteiger partial charge on any atom is 0.243 e. The summed E-state index contributed by atoms with van der Waals surface area (Å²) >= 11 is 10.7. The van der Waals surface area contributed by atoms with Crippen LogP contribution in [0.1, 0.15) is 11.1 Å². The van der Waals surface area contributed by atoms with Gasteiger partial charge in [0.05, 0.1) is 8.68 Å². The molecule has 0 radical (unpaired) electrons. The molecule has 1 heterocycles. The third-order valence-electron chi connectivity index (χ3n) is 2.79. The molecule has 0 spiro atoms. The highest BCUT2D eigenvalue weighted by molar-refractivity contribution is 9.11. The van der Waals surface area contributed by atoms with E-state index in [4.69, 9.17) is 11.6 Å². The van der Waals surface area contributed by atoms with Crippen LogP contribution in [0.3, 0.4) is 0 Å². The van der Waals surface area contributed by atoms with Gasteiger partial charge < -0.3 is 0 Å². The minimum absolute atomic E-state index is 0.271. The van der Waals surface area contributed by atoms with Crippen molar-refractivity contribution >= 4 is 48.9 Å². The minimum Gasteiger partial charge on any atom is -0.207 e. The van der Waals surface area contributed by atoms with Crippen molar-refractivity contribution in [1.82, 2.24) is 4.31 Å². The van der Waals surface area contributed by atoms with Crippen LogP contribution in [0, 0.1) is 0 Å². The maximum atomic E-state index is 12.5. The summed E-state index contributed by atoms with van der Waals surface area (Å²) in [6.45, 7) is 0.343. The molecule has 2 rings (SSSR count). The Morgan fingerprint density at radius 3 is 2.65 bits per heavy atom. The summed E-state index contributed by atoms with van der Waals surface area (Å²) < 4.78 is 27.3. The van der Waals surface area contributed by atoms with Gasteiger partial charge in [-0.3, -0.25) is 0 Å². The van der Waals surface area contributed by atoms with Crippen molar-refractivity contribution in [2.45, 2.75) is 17.3 Å². The number of thiophene rings is 1. The van der Waals surface area contributed by atoms with Gasteiger partial charge in [0.15, 0.2) is 0 Å². The van der Waals surface area contributed by atoms with Crippen molar-refractivity contribution in [3.8, 4) is 0 Å². The fourth-order valence-electron chi connectivity index (χ4n) is 1.74. The van der Waals surface area contributed by atoms with E-state index in [2.05, 4.69) is 15.9 Å². The average Bonchev–Trinajstić information content (AvgIpc) is 2.84. The number of nitrogens with zero attached hydrogens (tertiary/aromatic N) is 1. The van der Waals surface area contributed by atoms with E-state index in [-0.39, 0.29) is 4.90 Å². The van der Waals surface area contributed by atoms with Crippen LogP contribution in [0.5, 0.6) is 0 Å². The minimum atomic E-state index is -3.50. The number of hydrogen-bond acceptors (Lipinski definition) is 3. The first-order valence-electron chi connectivity index (χ1n) is 5.77. The second kappa shape index (κ2) is 6.58. The van der Waals surface area contributed by atoms with Gasteiger partial charge in [-0.15, -0.1) is 22.9 Å². The smallest absolute Gasteiger partial charge is 0.207 e. The summed E-state index contributed by atoms with van der Waals surface area (Å²) in [4.78, 5) is 0.271. The molecule has 0 atom stereocenters. The number of sulfonamides is 1. The van der Waals surface area contributed by atoms with Crippen LogP contribution in [0.4, 0.5) is 0 Å². The molecule has 1 aromatic heterocycles. The standard InChI is InChI=1S/C13H13BrClNO2S2/c1-16(8-11-6-13(14)19-9-11)20(17,18)12-4-2-3-10(5-12)7-15/h2-6,9H,7-8H2,1H3. The lowest BCUT2D eigenvalue weighted by Crippen LogP contribution is -2.26. The van der Waals surface area contributed by atoms with E-state index in [0.29, 0.717) is 12.4 Å². The molecule has 0 saturated carbocycles. The molecule has 108 valence electrons. The van der Waals surface area contributed by atoms with Gasteiger partial charge in [0.25, 0.3) is 0 Å². The summed E-state index contributed by atoms with van der Waals surface area (Å²) in [6.07, 6.45) is 0. The fraction of sp³-hybridized carbons (Fsp3) is 0.231. The number of halogens is 2. The van der Waals surface area contributed by atoms with Crippen molar-refractivity contribution in [3.05, 3.63) is 50.6 Å². The van der Waals surface area contributed by atoms with Gasteiger partial charge in [0.1, 0.15) is 0 Å². The first kappa shape index (κ1) is 16.0. The van der Waals surface area contributed by atoms with Crippen LogP contribution in [0.25, 0.3) is 0 Å². The zero-order chi connectivity index (χ0) is 14.8. The molecule has 0 aliphatic heterocycles. The van der Waals surface area contributed by atoms with E-state index >= 15 is 0 Å². The Hall–Kier alpha value is -0.400. The topological polar surface area (TPSA) is 37.4 Å². The summed E-state index contributed by atoms with van der Waals surface area (Å²) in [6, 6.07) is 8.64. The lowest BCUT2D eigenvalue weighted by atomic mass is 10.2. The van der Waals surface area contributed by atoms with E-state index < -0.39 is 10.0 Å². The van der Waals surface area contributed by atoms with E-state index in [1.165, 1.54) is 15.6 Å². The highest BCUT2D eigenvalue weighted by atomic mass is 79.9. The summed E-state index contributed by atoms with van der Waals surface area (Å²) in [5.74, 6) is 0.296. The van der Waals surface area contributed by atoms with Crippen molar-refractivity contribution in [1.29, 1.82) is 0 Å². The Balaban J connectivity index is 2.24.